The number of benzene rings is 1. The van der Waals surface area contributed by atoms with E-state index in [0.717, 1.165) is 16.8 Å². The van der Waals surface area contributed by atoms with Crippen molar-refractivity contribution in [3.8, 4) is 0 Å². The first-order chi connectivity index (χ1) is 8.97. The van der Waals surface area contributed by atoms with Crippen LogP contribution in [0.3, 0.4) is 0 Å². The highest BCUT2D eigenvalue weighted by Crippen LogP contribution is 2.25. The van der Waals surface area contributed by atoms with Gasteiger partial charge in [0.1, 0.15) is 5.69 Å². The summed E-state index contributed by atoms with van der Waals surface area (Å²) in [4.78, 5) is 10.6. The smallest absolute Gasteiger partial charge is 0.292 e. The number of nitro groups is 1. The Morgan fingerprint density at radius 1 is 1.42 bits per heavy atom. The minimum Gasteiger partial charge on any atom is -0.375 e. The number of nitrogens with one attached hydrogen (secondary N) is 1. The molecule has 2 aromatic rings. The molecule has 1 N–H and O–H groups in total. The molecule has 0 radical (unpaired) electrons. The Morgan fingerprint density at radius 3 is 2.74 bits per heavy atom. The standard InChI is InChI=1S/C13H16N4O2/c1-9-4-5-13(17(18)19)12(6-9)14-7-11-8-16(3)15-10(11)2/h4-6,8,14H,7H2,1-3H3. The Bertz CT molecular complexity index is 619. The van der Waals surface area contributed by atoms with E-state index >= 15 is 0 Å². The lowest BCUT2D eigenvalue weighted by atomic mass is 10.2. The van der Waals surface area contributed by atoms with Crippen LogP contribution in [0, 0.1) is 24.0 Å². The summed E-state index contributed by atoms with van der Waals surface area (Å²) >= 11 is 0. The zero-order valence-electron chi connectivity index (χ0n) is 11.2. The highest BCUT2D eigenvalue weighted by atomic mass is 16.6. The topological polar surface area (TPSA) is 73.0 Å². The SMILES string of the molecule is Cc1ccc([N+](=O)[O-])c(NCc2cn(C)nc2C)c1. The van der Waals surface area contributed by atoms with Crippen molar-refractivity contribution in [2.24, 2.45) is 7.05 Å². The van der Waals surface area contributed by atoms with E-state index < -0.39 is 0 Å². The van der Waals surface area contributed by atoms with E-state index in [2.05, 4.69) is 10.4 Å². The van der Waals surface area contributed by atoms with Crippen LogP contribution in [0.25, 0.3) is 0 Å². The van der Waals surface area contributed by atoms with Crippen LogP contribution in [0.2, 0.25) is 0 Å². The van der Waals surface area contributed by atoms with Crippen molar-refractivity contribution in [3.63, 3.8) is 0 Å². The van der Waals surface area contributed by atoms with Gasteiger partial charge in [-0.2, -0.15) is 5.10 Å². The van der Waals surface area contributed by atoms with E-state index in [0.29, 0.717) is 12.2 Å². The molecule has 6 nitrogen and oxygen atoms in total. The highest BCUT2D eigenvalue weighted by molar-refractivity contribution is 5.62. The van der Waals surface area contributed by atoms with Gasteiger partial charge in [0.25, 0.3) is 5.69 Å². The van der Waals surface area contributed by atoms with Crippen LogP contribution in [0.4, 0.5) is 11.4 Å². The summed E-state index contributed by atoms with van der Waals surface area (Å²) in [5.41, 5.74) is 3.56. The van der Waals surface area contributed by atoms with Gasteiger partial charge in [-0.3, -0.25) is 14.8 Å². The van der Waals surface area contributed by atoms with Gasteiger partial charge in [-0.1, -0.05) is 6.07 Å². The molecule has 0 aliphatic carbocycles. The van der Waals surface area contributed by atoms with Crippen LogP contribution >= 0.6 is 0 Å². The summed E-state index contributed by atoms with van der Waals surface area (Å²) in [5.74, 6) is 0. The van der Waals surface area contributed by atoms with Crippen molar-refractivity contribution in [2.75, 3.05) is 5.32 Å². The second-order valence-corrected chi connectivity index (χ2v) is 4.54. The number of hydrogen-bond acceptors (Lipinski definition) is 4. The second kappa shape index (κ2) is 5.09. The fourth-order valence-electron chi connectivity index (χ4n) is 1.96. The molecular weight excluding hydrogens is 244 g/mol. The first-order valence-corrected chi connectivity index (χ1v) is 5.95. The van der Waals surface area contributed by atoms with Crippen LogP contribution in [-0.2, 0) is 13.6 Å². The molecule has 19 heavy (non-hydrogen) atoms. The van der Waals surface area contributed by atoms with Crippen molar-refractivity contribution in [1.82, 2.24) is 9.78 Å². The minimum absolute atomic E-state index is 0.0899. The van der Waals surface area contributed by atoms with Gasteiger partial charge < -0.3 is 5.32 Å². The van der Waals surface area contributed by atoms with Gasteiger partial charge in [0.05, 0.1) is 10.6 Å². The monoisotopic (exact) mass is 260 g/mol. The maximum absolute atomic E-state index is 11.0. The summed E-state index contributed by atoms with van der Waals surface area (Å²) in [6.45, 7) is 4.34. The molecular formula is C13H16N4O2. The quantitative estimate of drug-likeness (QED) is 0.677. The highest BCUT2D eigenvalue weighted by Gasteiger charge is 2.13. The van der Waals surface area contributed by atoms with Crippen molar-refractivity contribution >= 4 is 11.4 Å². The summed E-state index contributed by atoms with van der Waals surface area (Å²) in [5, 5.41) is 18.3. The Morgan fingerprint density at radius 2 is 2.16 bits per heavy atom. The zero-order valence-corrected chi connectivity index (χ0v) is 11.2. The molecule has 0 saturated carbocycles. The largest absolute Gasteiger partial charge is 0.375 e. The van der Waals surface area contributed by atoms with E-state index in [1.807, 2.05) is 27.1 Å². The van der Waals surface area contributed by atoms with Crippen LogP contribution < -0.4 is 5.32 Å². The molecule has 0 aliphatic rings. The molecule has 0 fully saturated rings. The predicted molar refractivity (Wildman–Crippen MR) is 73.1 cm³/mol. The Labute approximate surface area is 111 Å². The molecule has 1 aromatic heterocycles. The minimum atomic E-state index is -0.377. The second-order valence-electron chi connectivity index (χ2n) is 4.54. The number of aryl methyl sites for hydroxylation is 3. The van der Waals surface area contributed by atoms with Crippen molar-refractivity contribution in [3.05, 3.63) is 51.3 Å². The van der Waals surface area contributed by atoms with E-state index in [-0.39, 0.29) is 10.6 Å². The van der Waals surface area contributed by atoms with Gasteiger partial charge in [0.15, 0.2) is 0 Å². The Balaban J connectivity index is 2.21. The fraction of sp³-hybridized carbons (Fsp3) is 0.308. The number of aromatic nitrogens is 2. The van der Waals surface area contributed by atoms with E-state index in [1.165, 1.54) is 6.07 Å². The predicted octanol–water partition coefficient (Wildman–Crippen LogP) is 2.56. The van der Waals surface area contributed by atoms with Crippen molar-refractivity contribution < 1.29 is 4.92 Å². The number of hydrogen-bond donors (Lipinski definition) is 1. The lowest BCUT2D eigenvalue weighted by Gasteiger charge is -2.07. The third-order valence-electron chi connectivity index (χ3n) is 2.93. The lowest BCUT2D eigenvalue weighted by Crippen LogP contribution is -2.03. The maximum atomic E-state index is 11.0. The van der Waals surface area contributed by atoms with Crippen LogP contribution in [-0.4, -0.2) is 14.7 Å². The lowest BCUT2D eigenvalue weighted by molar-refractivity contribution is -0.384. The number of nitrogens with zero attached hydrogens (tertiary/aromatic N) is 3. The molecule has 1 aromatic carbocycles. The maximum Gasteiger partial charge on any atom is 0.292 e. The average Bonchev–Trinajstić information content (AvgIpc) is 2.65. The molecule has 0 aliphatic heterocycles. The van der Waals surface area contributed by atoms with Crippen LogP contribution in [0.1, 0.15) is 16.8 Å². The number of nitro benzene ring substituents is 1. The van der Waals surface area contributed by atoms with Gasteiger partial charge in [0, 0.05) is 31.4 Å². The summed E-state index contributed by atoms with van der Waals surface area (Å²) in [7, 11) is 1.85. The summed E-state index contributed by atoms with van der Waals surface area (Å²) in [6, 6.07) is 5.04. The van der Waals surface area contributed by atoms with Gasteiger partial charge in [-0.25, -0.2) is 0 Å². The zero-order chi connectivity index (χ0) is 14.0. The van der Waals surface area contributed by atoms with Gasteiger partial charge >= 0.3 is 0 Å². The first-order valence-electron chi connectivity index (χ1n) is 5.95. The van der Waals surface area contributed by atoms with Gasteiger partial charge in [0.2, 0.25) is 0 Å². The first kappa shape index (κ1) is 13.1. The summed E-state index contributed by atoms with van der Waals surface area (Å²) < 4.78 is 1.73. The van der Waals surface area contributed by atoms with Crippen LogP contribution in [0.5, 0.6) is 0 Å². The number of rotatable bonds is 4. The molecule has 2 rings (SSSR count). The molecule has 0 atom stereocenters. The molecule has 100 valence electrons. The molecule has 6 heteroatoms. The van der Waals surface area contributed by atoms with Crippen LogP contribution in [0.15, 0.2) is 24.4 Å². The molecule has 0 unspecified atom stereocenters. The third kappa shape index (κ3) is 2.90. The van der Waals surface area contributed by atoms with Crippen molar-refractivity contribution in [1.29, 1.82) is 0 Å². The van der Waals surface area contributed by atoms with E-state index in [1.54, 1.807) is 16.8 Å². The summed E-state index contributed by atoms with van der Waals surface area (Å²) in [6.07, 6.45) is 1.91. The van der Waals surface area contributed by atoms with Crippen molar-refractivity contribution in [2.45, 2.75) is 20.4 Å². The molecule has 0 amide bonds. The normalized spacial score (nSPS) is 10.5. The average molecular weight is 260 g/mol. The number of anilines is 1. The van der Waals surface area contributed by atoms with E-state index in [4.69, 9.17) is 0 Å². The third-order valence-corrected chi connectivity index (χ3v) is 2.93. The van der Waals surface area contributed by atoms with Gasteiger partial charge in [-0.05, 0) is 25.5 Å². The molecule has 0 bridgehead atoms. The molecule has 0 spiro atoms. The fourth-order valence-corrected chi connectivity index (χ4v) is 1.96. The molecule has 0 saturated heterocycles. The Kier molecular flexibility index (Phi) is 3.50. The van der Waals surface area contributed by atoms with E-state index in [9.17, 15) is 10.1 Å². The van der Waals surface area contributed by atoms with Gasteiger partial charge in [-0.15, -0.1) is 0 Å². The Hall–Kier alpha value is -2.37. The molecule has 1 heterocycles.